The van der Waals surface area contributed by atoms with E-state index in [0.717, 1.165) is 17.1 Å². The Morgan fingerprint density at radius 1 is 1.40 bits per heavy atom. The van der Waals surface area contributed by atoms with Crippen LogP contribution in [0.5, 0.6) is 0 Å². The Balaban J connectivity index is 2.54. The average molecular weight is 222 g/mol. The molecule has 15 heavy (non-hydrogen) atoms. The summed E-state index contributed by atoms with van der Waals surface area (Å²) in [5.74, 6) is 0. The van der Waals surface area contributed by atoms with Crippen molar-refractivity contribution in [2.45, 2.75) is 13.5 Å². The maximum absolute atomic E-state index is 6.09. The van der Waals surface area contributed by atoms with Gasteiger partial charge in [0.15, 0.2) is 0 Å². The summed E-state index contributed by atoms with van der Waals surface area (Å²) in [6, 6.07) is 9.57. The molecular formula is C11H12ClN3. The van der Waals surface area contributed by atoms with Crippen LogP contribution in [-0.4, -0.2) is 9.78 Å². The van der Waals surface area contributed by atoms with Gasteiger partial charge in [-0.05, 0) is 25.1 Å². The molecule has 0 saturated heterocycles. The molecule has 0 radical (unpaired) electrons. The molecule has 78 valence electrons. The highest BCUT2D eigenvalue weighted by molar-refractivity contribution is 6.32. The Hall–Kier alpha value is -1.32. The molecular weight excluding hydrogens is 210 g/mol. The van der Waals surface area contributed by atoms with Crippen LogP contribution in [0.1, 0.15) is 11.4 Å². The number of rotatable bonds is 2. The number of aryl methyl sites for hydroxylation is 1. The Labute approximate surface area is 93.5 Å². The molecule has 4 heteroatoms. The van der Waals surface area contributed by atoms with Gasteiger partial charge in [0.2, 0.25) is 0 Å². The summed E-state index contributed by atoms with van der Waals surface area (Å²) in [4.78, 5) is 0. The van der Waals surface area contributed by atoms with Crippen LogP contribution < -0.4 is 5.73 Å². The van der Waals surface area contributed by atoms with E-state index in [-0.39, 0.29) is 0 Å². The second kappa shape index (κ2) is 4.04. The van der Waals surface area contributed by atoms with Crippen LogP contribution in [-0.2, 0) is 6.54 Å². The van der Waals surface area contributed by atoms with E-state index in [1.165, 1.54) is 0 Å². The van der Waals surface area contributed by atoms with Gasteiger partial charge in [-0.25, -0.2) is 4.68 Å². The fourth-order valence-corrected chi connectivity index (χ4v) is 1.72. The van der Waals surface area contributed by atoms with Gasteiger partial charge < -0.3 is 5.73 Å². The molecule has 0 aliphatic heterocycles. The highest BCUT2D eigenvalue weighted by Gasteiger charge is 2.07. The first-order valence-corrected chi connectivity index (χ1v) is 5.10. The lowest BCUT2D eigenvalue weighted by atomic mass is 10.3. The maximum atomic E-state index is 6.09. The lowest BCUT2D eigenvalue weighted by Crippen LogP contribution is -2.02. The van der Waals surface area contributed by atoms with Gasteiger partial charge in [-0.15, -0.1) is 0 Å². The highest BCUT2D eigenvalue weighted by Crippen LogP contribution is 2.20. The van der Waals surface area contributed by atoms with Crippen molar-refractivity contribution in [1.29, 1.82) is 0 Å². The summed E-state index contributed by atoms with van der Waals surface area (Å²) in [7, 11) is 0. The molecule has 0 aliphatic carbocycles. The lowest BCUT2D eigenvalue weighted by molar-refractivity contribution is 0.813. The lowest BCUT2D eigenvalue weighted by Gasteiger charge is -2.05. The summed E-state index contributed by atoms with van der Waals surface area (Å²) >= 11 is 6.09. The van der Waals surface area contributed by atoms with Crippen LogP contribution in [0.4, 0.5) is 0 Å². The number of nitrogens with zero attached hydrogens (tertiary/aromatic N) is 2. The molecule has 0 fully saturated rings. The molecule has 0 saturated carbocycles. The molecule has 0 atom stereocenters. The molecule has 0 bridgehead atoms. The predicted molar refractivity (Wildman–Crippen MR) is 61.2 cm³/mol. The van der Waals surface area contributed by atoms with E-state index in [9.17, 15) is 0 Å². The standard InChI is InChI=1S/C11H12ClN3/c1-8-6-9(7-13)14-15(8)11-5-3-2-4-10(11)12/h2-6H,7,13H2,1H3. The van der Waals surface area contributed by atoms with Gasteiger partial charge in [0.1, 0.15) is 0 Å². The smallest absolute Gasteiger partial charge is 0.0834 e. The number of halogens is 1. The van der Waals surface area contributed by atoms with E-state index in [4.69, 9.17) is 17.3 Å². The fourth-order valence-electron chi connectivity index (χ4n) is 1.51. The third kappa shape index (κ3) is 1.89. The third-order valence-electron chi connectivity index (χ3n) is 2.23. The van der Waals surface area contributed by atoms with Gasteiger partial charge in [-0.3, -0.25) is 0 Å². The Morgan fingerprint density at radius 3 is 2.73 bits per heavy atom. The van der Waals surface area contributed by atoms with Crippen LogP contribution >= 0.6 is 11.6 Å². The van der Waals surface area contributed by atoms with Crippen LogP contribution in [0.2, 0.25) is 5.02 Å². The van der Waals surface area contributed by atoms with Crippen molar-refractivity contribution >= 4 is 11.6 Å². The minimum Gasteiger partial charge on any atom is -0.325 e. The van der Waals surface area contributed by atoms with Gasteiger partial charge in [0, 0.05) is 12.2 Å². The van der Waals surface area contributed by atoms with Crippen LogP contribution in [0, 0.1) is 6.92 Å². The van der Waals surface area contributed by atoms with E-state index in [0.29, 0.717) is 11.6 Å². The number of hydrogen-bond donors (Lipinski definition) is 1. The van der Waals surface area contributed by atoms with Crippen molar-refractivity contribution in [2.75, 3.05) is 0 Å². The zero-order chi connectivity index (χ0) is 10.8. The zero-order valence-corrected chi connectivity index (χ0v) is 9.20. The Bertz CT molecular complexity index is 476. The van der Waals surface area contributed by atoms with Crippen molar-refractivity contribution in [3.8, 4) is 5.69 Å². The van der Waals surface area contributed by atoms with E-state index in [2.05, 4.69) is 5.10 Å². The topological polar surface area (TPSA) is 43.8 Å². The molecule has 2 N–H and O–H groups in total. The van der Waals surface area contributed by atoms with Crippen molar-refractivity contribution in [3.63, 3.8) is 0 Å². The third-order valence-corrected chi connectivity index (χ3v) is 2.55. The zero-order valence-electron chi connectivity index (χ0n) is 8.44. The van der Waals surface area contributed by atoms with Crippen LogP contribution in [0.25, 0.3) is 5.69 Å². The minimum absolute atomic E-state index is 0.443. The minimum atomic E-state index is 0.443. The number of aromatic nitrogens is 2. The first kappa shape index (κ1) is 10.2. The summed E-state index contributed by atoms with van der Waals surface area (Å²) < 4.78 is 1.81. The van der Waals surface area contributed by atoms with Crippen molar-refractivity contribution < 1.29 is 0 Å². The van der Waals surface area contributed by atoms with Gasteiger partial charge >= 0.3 is 0 Å². The first-order valence-electron chi connectivity index (χ1n) is 4.73. The van der Waals surface area contributed by atoms with Crippen LogP contribution in [0.3, 0.4) is 0 Å². The van der Waals surface area contributed by atoms with Crippen molar-refractivity contribution in [3.05, 3.63) is 46.7 Å². The SMILES string of the molecule is Cc1cc(CN)nn1-c1ccccc1Cl. The van der Waals surface area contributed by atoms with E-state index < -0.39 is 0 Å². The fraction of sp³-hybridized carbons (Fsp3) is 0.182. The molecule has 0 aliphatic rings. The second-order valence-electron chi connectivity index (χ2n) is 3.34. The summed E-state index contributed by atoms with van der Waals surface area (Å²) in [5, 5.41) is 5.05. The number of benzene rings is 1. The first-order chi connectivity index (χ1) is 7.22. The van der Waals surface area contributed by atoms with Crippen molar-refractivity contribution in [1.82, 2.24) is 9.78 Å². The number of nitrogens with two attached hydrogens (primary N) is 1. The molecule has 0 amide bonds. The van der Waals surface area contributed by atoms with E-state index in [1.54, 1.807) is 0 Å². The quantitative estimate of drug-likeness (QED) is 0.846. The summed E-state index contributed by atoms with van der Waals surface area (Å²) in [6.45, 7) is 2.42. The Kier molecular flexibility index (Phi) is 2.75. The molecule has 1 aromatic carbocycles. The number of para-hydroxylation sites is 1. The monoisotopic (exact) mass is 221 g/mol. The van der Waals surface area contributed by atoms with Gasteiger partial charge in [-0.2, -0.15) is 5.10 Å². The maximum Gasteiger partial charge on any atom is 0.0834 e. The molecule has 1 heterocycles. The van der Waals surface area contributed by atoms with Crippen LogP contribution in [0.15, 0.2) is 30.3 Å². The Morgan fingerprint density at radius 2 is 2.13 bits per heavy atom. The molecule has 2 rings (SSSR count). The van der Waals surface area contributed by atoms with Gasteiger partial charge in [-0.1, -0.05) is 23.7 Å². The molecule has 2 aromatic rings. The highest BCUT2D eigenvalue weighted by atomic mass is 35.5. The molecule has 3 nitrogen and oxygen atoms in total. The largest absolute Gasteiger partial charge is 0.325 e. The molecule has 1 aromatic heterocycles. The van der Waals surface area contributed by atoms with E-state index >= 15 is 0 Å². The normalized spacial score (nSPS) is 10.6. The number of hydrogen-bond acceptors (Lipinski definition) is 2. The second-order valence-corrected chi connectivity index (χ2v) is 3.75. The van der Waals surface area contributed by atoms with E-state index in [1.807, 2.05) is 41.9 Å². The van der Waals surface area contributed by atoms with Gasteiger partial charge in [0.05, 0.1) is 16.4 Å². The summed E-state index contributed by atoms with van der Waals surface area (Å²) in [5.41, 5.74) is 8.32. The molecule has 0 spiro atoms. The van der Waals surface area contributed by atoms with Gasteiger partial charge in [0.25, 0.3) is 0 Å². The predicted octanol–water partition coefficient (Wildman–Crippen LogP) is 2.29. The van der Waals surface area contributed by atoms with Crippen molar-refractivity contribution in [2.24, 2.45) is 5.73 Å². The molecule has 0 unspecified atom stereocenters. The summed E-state index contributed by atoms with van der Waals surface area (Å²) in [6.07, 6.45) is 0. The average Bonchev–Trinajstić information content (AvgIpc) is 2.60.